The molecule has 1 heterocycles. The Bertz CT molecular complexity index is 532. The molecule has 0 bridgehead atoms. The van der Waals surface area contributed by atoms with Gasteiger partial charge in [-0.1, -0.05) is 23.8 Å². The van der Waals surface area contributed by atoms with Crippen molar-refractivity contribution in [3.05, 3.63) is 47.3 Å². The first kappa shape index (κ1) is 20.9. The lowest BCUT2D eigenvalue weighted by Gasteiger charge is -2.14. The number of ether oxygens (including phenoxy) is 1. The first-order valence-electron chi connectivity index (χ1n) is 8.30. The van der Waals surface area contributed by atoms with E-state index >= 15 is 0 Å². The monoisotopic (exact) mass is 447 g/mol. The van der Waals surface area contributed by atoms with Crippen molar-refractivity contribution in [1.82, 2.24) is 10.6 Å². The van der Waals surface area contributed by atoms with Crippen molar-refractivity contribution in [2.45, 2.75) is 26.2 Å². The van der Waals surface area contributed by atoms with Gasteiger partial charge in [0.1, 0.15) is 5.82 Å². The maximum absolute atomic E-state index is 12.9. The molecule has 2 rings (SSSR count). The van der Waals surface area contributed by atoms with Crippen molar-refractivity contribution in [3.8, 4) is 0 Å². The first-order valence-corrected chi connectivity index (χ1v) is 8.30. The summed E-state index contributed by atoms with van der Waals surface area (Å²) in [6.45, 7) is 5.99. The molecule has 2 N–H and O–H groups in total. The van der Waals surface area contributed by atoms with Crippen molar-refractivity contribution in [2.24, 2.45) is 4.99 Å². The summed E-state index contributed by atoms with van der Waals surface area (Å²) in [5.41, 5.74) is 2.55. The van der Waals surface area contributed by atoms with E-state index in [2.05, 4.69) is 28.6 Å². The van der Waals surface area contributed by atoms with E-state index in [1.54, 1.807) is 0 Å². The highest BCUT2D eigenvalue weighted by Gasteiger charge is 2.03. The van der Waals surface area contributed by atoms with Crippen LogP contribution in [0.3, 0.4) is 0 Å². The fourth-order valence-electron chi connectivity index (χ4n) is 2.42. The summed E-state index contributed by atoms with van der Waals surface area (Å²) in [6, 6.07) is 6.63. The summed E-state index contributed by atoms with van der Waals surface area (Å²) in [5, 5.41) is 6.57. The van der Waals surface area contributed by atoms with Gasteiger partial charge in [0.25, 0.3) is 0 Å². The molecule has 0 unspecified atom stereocenters. The predicted molar refractivity (Wildman–Crippen MR) is 108 cm³/mol. The van der Waals surface area contributed by atoms with Crippen LogP contribution in [0.5, 0.6) is 0 Å². The van der Waals surface area contributed by atoms with Crippen LogP contribution in [0.1, 0.15) is 25.3 Å². The number of benzene rings is 1. The molecule has 24 heavy (non-hydrogen) atoms. The van der Waals surface area contributed by atoms with Gasteiger partial charge < -0.3 is 15.4 Å². The summed E-state index contributed by atoms with van der Waals surface area (Å²) >= 11 is 0. The van der Waals surface area contributed by atoms with Crippen LogP contribution in [0.2, 0.25) is 0 Å². The van der Waals surface area contributed by atoms with Gasteiger partial charge in [0.2, 0.25) is 0 Å². The highest BCUT2D eigenvalue weighted by atomic mass is 127. The smallest absolute Gasteiger partial charge is 0.191 e. The van der Waals surface area contributed by atoms with Crippen LogP contribution in [0.25, 0.3) is 0 Å². The van der Waals surface area contributed by atoms with Gasteiger partial charge in [-0.25, -0.2) is 4.39 Å². The fraction of sp³-hybridized carbons (Fsp3) is 0.500. The first-order chi connectivity index (χ1) is 11.3. The van der Waals surface area contributed by atoms with Crippen LogP contribution in [0, 0.1) is 5.82 Å². The Kier molecular flexibility index (Phi) is 10.7. The molecule has 1 aromatic carbocycles. The van der Waals surface area contributed by atoms with Gasteiger partial charge >= 0.3 is 0 Å². The molecule has 0 aromatic heterocycles. The lowest BCUT2D eigenvalue weighted by atomic mass is 10.1. The number of halogens is 2. The van der Waals surface area contributed by atoms with Gasteiger partial charge in [-0.3, -0.25) is 4.99 Å². The van der Waals surface area contributed by atoms with Crippen LogP contribution >= 0.6 is 24.0 Å². The number of guanidine groups is 1. The Balaban J connectivity index is 0.00000288. The Hall–Kier alpha value is -1.15. The van der Waals surface area contributed by atoms with E-state index in [-0.39, 0.29) is 29.8 Å². The van der Waals surface area contributed by atoms with Crippen molar-refractivity contribution in [3.63, 3.8) is 0 Å². The second kappa shape index (κ2) is 12.2. The normalized spacial score (nSPS) is 14.6. The number of nitrogens with zero attached hydrogens (tertiary/aromatic N) is 1. The van der Waals surface area contributed by atoms with Crippen LogP contribution in [0.15, 0.2) is 40.9 Å². The number of nitrogens with one attached hydrogen (secondary N) is 2. The molecule has 0 saturated heterocycles. The minimum Gasteiger partial charge on any atom is -0.377 e. The van der Waals surface area contributed by atoms with Crippen LogP contribution < -0.4 is 10.6 Å². The number of aliphatic imine (C=N–C) groups is 1. The van der Waals surface area contributed by atoms with Gasteiger partial charge in [-0.15, -0.1) is 24.0 Å². The minimum atomic E-state index is -0.195. The van der Waals surface area contributed by atoms with Gasteiger partial charge in [0, 0.05) is 19.6 Å². The van der Waals surface area contributed by atoms with Crippen molar-refractivity contribution < 1.29 is 9.13 Å². The van der Waals surface area contributed by atoms with Crippen molar-refractivity contribution in [1.29, 1.82) is 0 Å². The van der Waals surface area contributed by atoms with Crippen molar-refractivity contribution >= 4 is 29.9 Å². The fourth-order valence-corrected chi connectivity index (χ4v) is 2.42. The summed E-state index contributed by atoms with van der Waals surface area (Å²) in [4.78, 5) is 4.61. The Labute approximate surface area is 161 Å². The highest BCUT2D eigenvalue weighted by molar-refractivity contribution is 14.0. The number of hydrogen-bond donors (Lipinski definition) is 2. The molecule has 0 aliphatic carbocycles. The zero-order valence-corrected chi connectivity index (χ0v) is 16.5. The molecule has 1 aromatic rings. The average Bonchev–Trinajstić information content (AvgIpc) is 2.58. The van der Waals surface area contributed by atoms with E-state index in [0.717, 1.165) is 63.6 Å². The molecular formula is C18H27FIN3O. The SMILES string of the molecule is CCNC(=NCCC1=CCOCC1)NCCc1ccc(F)cc1.I. The van der Waals surface area contributed by atoms with Gasteiger partial charge in [0.05, 0.1) is 13.2 Å². The van der Waals surface area contributed by atoms with Gasteiger partial charge in [-0.05, 0) is 43.9 Å². The third-order valence-corrected chi connectivity index (χ3v) is 3.72. The van der Waals surface area contributed by atoms with E-state index in [1.807, 2.05) is 12.1 Å². The van der Waals surface area contributed by atoms with E-state index in [9.17, 15) is 4.39 Å². The maximum Gasteiger partial charge on any atom is 0.191 e. The van der Waals surface area contributed by atoms with Crippen molar-refractivity contribution in [2.75, 3.05) is 32.8 Å². The lowest BCUT2D eigenvalue weighted by Crippen LogP contribution is -2.38. The molecular weight excluding hydrogens is 420 g/mol. The molecule has 0 spiro atoms. The minimum absolute atomic E-state index is 0. The Morgan fingerprint density at radius 1 is 1.21 bits per heavy atom. The predicted octanol–water partition coefficient (Wildman–Crippen LogP) is 3.28. The average molecular weight is 447 g/mol. The molecule has 134 valence electrons. The maximum atomic E-state index is 12.9. The van der Waals surface area contributed by atoms with E-state index < -0.39 is 0 Å². The highest BCUT2D eigenvalue weighted by Crippen LogP contribution is 2.11. The Morgan fingerprint density at radius 2 is 2.00 bits per heavy atom. The van der Waals surface area contributed by atoms with E-state index in [0.29, 0.717) is 0 Å². The standard InChI is InChI=1S/C18H26FN3O.HI/c1-2-20-18(22-12-8-16-9-13-23-14-10-16)21-11-7-15-3-5-17(19)6-4-15;/h3-6,9H,2,7-8,10-14H2,1H3,(H2,20,21,22);1H. The van der Waals surface area contributed by atoms with Crippen LogP contribution in [-0.2, 0) is 11.2 Å². The molecule has 6 heteroatoms. The molecule has 0 radical (unpaired) electrons. The van der Waals surface area contributed by atoms with Gasteiger partial charge in [0.15, 0.2) is 5.96 Å². The summed E-state index contributed by atoms with van der Waals surface area (Å²) in [6.07, 6.45) is 5.00. The molecule has 1 aliphatic rings. The van der Waals surface area contributed by atoms with E-state index in [1.165, 1.54) is 17.7 Å². The molecule has 0 saturated carbocycles. The summed E-state index contributed by atoms with van der Waals surface area (Å²) in [5.74, 6) is 0.640. The van der Waals surface area contributed by atoms with Gasteiger partial charge in [-0.2, -0.15) is 0 Å². The third-order valence-electron chi connectivity index (χ3n) is 3.72. The molecule has 0 atom stereocenters. The van der Waals surface area contributed by atoms with Crippen LogP contribution in [-0.4, -0.2) is 38.8 Å². The number of hydrogen-bond acceptors (Lipinski definition) is 2. The zero-order valence-electron chi connectivity index (χ0n) is 14.2. The molecule has 0 amide bonds. The topological polar surface area (TPSA) is 45.7 Å². The molecule has 0 fully saturated rings. The molecule has 1 aliphatic heterocycles. The molecule has 4 nitrogen and oxygen atoms in total. The lowest BCUT2D eigenvalue weighted by molar-refractivity contribution is 0.153. The quantitative estimate of drug-likeness (QED) is 0.292. The largest absolute Gasteiger partial charge is 0.377 e. The van der Waals surface area contributed by atoms with E-state index in [4.69, 9.17) is 4.74 Å². The number of rotatable bonds is 7. The second-order valence-corrected chi connectivity index (χ2v) is 5.50. The third kappa shape index (κ3) is 8.10. The summed E-state index contributed by atoms with van der Waals surface area (Å²) < 4.78 is 18.2. The Morgan fingerprint density at radius 3 is 2.67 bits per heavy atom. The second-order valence-electron chi connectivity index (χ2n) is 5.50. The van der Waals surface area contributed by atoms with Crippen LogP contribution in [0.4, 0.5) is 4.39 Å². The zero-order chi connectivity index (χ0) is 16.3. The summed E-state index contributed by atoms with van der Waals surface area (Å²) in [7, 11) is 0.